The minimum Gasteiger partial charge on any atom is -0.462 e. The monoisotopic (exact) mass is 480 g/mol. The van der Waals surface area contributed by atoms with Crippen LogP contribution in [-0.4, -0.2) is 41.2 Å². The molecule has 0 saturated carbocycles. The third-order valence-corrected chi connectivity index (χ3v) is 6.25. The number of imide groups is 1. The molecule has 4 rings (SSSR count). The van der Waals surface area contributed by atoms with Crippen molar-refractivity contribution < 1.29 is 28.3 Å². The SMILES string of the molecule is CCOC(=O)c1ccc(N2C(=O)CC(N(Cc3ccc(F)cc3)C(=O)c3cccs3)C2=O)cc1. The van der Waals surface area contributed by atoms with Crippen LogP contribution < -0.4 is 4.90 Å². The predicted molar refractivity (Wildman–Crippen MR) is 124 cm³/mol. The lowest BCUT2D eigenvalue weighted by Gasteiger charge is -2.27. The van der Waals surface area contributed by atoms with Crippen molar-refractivity contribution in [1.29, 1.82) is 0 Å². The lowest BCUT2D eigenvalue weighted by molar-refractivity contribution is -0.122. The van der Waals surface area contributed by atoms with E-state index in [1.807, 2.05) is 0 Å². The van der Waals surface area contributed by atoms with Gasteiger partial charge in [-0.3, -0.25) is 14.4 Å². The highest BCUT2D eigenvalue weighted by Crippen LogP contribution is 2.29. The van der Waals surface area contributed by atoms with Crippen molar-refractivity contribution in [2.24, 2.45) is 0 Å². The second-order valence-corrected chi connectivity index (χ2v) is 8.54. The lowest BCUT2D eigenvalue weighted by Crippen LogP contribution is -2.44. The summed E-state index contributed by atoms with van der Waals surface area (Å²) in [5.41, 5.74) is 1.23. The molecule has 1 fully saturated rings. The molecule has 1 atom stereocenters. The quantitative estimate of drug-likeness (QED) is 0.377. The first-order valence-electron chi connectivity index (χ1n) is 10.6. The van der Waals surface area contributed by atoms with E-state index in [1.54, 1.807) is 24.4 Å². The van der Waals surface area contributed by atoms with E-state index >= 15 is 0 Å². The molecule has 1 saturated heterocycles. The molecule has 1 aromatic heterocycles. The van der Waals surface area contributed by atoms with Crippen LogP contribution in [0.1, 0.15) is 38.9 Å². The summed E-state index contributed by atoms with van der Waals surface area (Å²) in [6.45, 7) is 1.97. The van der Waals surface area contributed by atoms with Gasteiger partial charge in [0.25, 0.3) is 11.8 Å². The fourth-order valence-corrected chi connectivity index (χ4v) is 4.42. The average Bonchev–Trinajstić information content (AvgIpc) is 3.47. The van der Waals surface area contributed by atoms with Gasteiger partial charge in [-0.2, -0.15) is 0 Å². The molecule has 2 aromatic carbocycles. The summed E-state index contributed by atoms with van der Waals surface area (Å²) < 4.78 is 18.3. The summed E-state index contributed by atoms with van der Waals surface area (Å²) >= 11 is 1.23. The first kappa shape index (κ1) is 23.3. The van der Waals surface area contributed by atoms with Gasteiger partial charge in [0.2, 0.25) is 5.91 Å². The van der Waals surface area contributed by atoms with Gasteiger partial charge in [0.15, 0.2) is 0 Å². The maximum absolute atomic E-state index is 13.4. The van der Waals surface area contributed by atoms with Crippen molar-refractivity contribution in [3.8, 4) is 0 Å². The number of carbonyl (C=O) groups is 4. The van der Waals surface area contributed by atoms with E-state index in [9.17, 15) is 23.6 Å². The van der Waals surface area contributed by atoms with Crippen LogP contribution >= 0.6 is 11.3 Å². The molecule has 0 bridgehead atoms. The van der Waals surface area contributed by atoms with Crippen molar-refractivity contribution in [1.82, 2.24) is 4.90 Å². The van der Waals surface area contributed by atoms with Crippen LogP contribution in [0.3, 0.4) is 0 Å². The van der Waals surface area contributed by atoms with Gasteiger partial charge in [0.1, 0.15) is 11.9 Å². The van der Waals surface area contributed by atoms with Crippen molar-refractivity contribution in [2.75, 3.05) is 11.5 Å². The molecule has 0 aliphatic carbocycles. The molecule has 3 aromatic rings. The van der Waals surface area contributed by atoms with Crippen LogP contribution in [0.5, 0.6) is 0 Å². The maximum Gasteiger partial charge on any atom is 0.338 e. The Morgan fingerprint density at radius 2 is 1.79 bits per heavy atom. The Balaban J connectivity index is 1.61. The molecule has 1 aliphatic rings. The van der Waals surface area contributed by atoms with Crippen LogP contribution in [0.4, 0.5) is 10.1 Å². The molecule has 34 heavy (non-hydrogen) atoms. The van der Waals surface area contributed by atoms with Gasteiger partial charge < -0.3 is 9.64 Å². The Labute approximate surface area is 199 Å². The molecule has 2 heterocycles. The number of nitrogens with zero attached hydrogens (tertiary/aromatic N) is 2. The van der Waals surface area contributed by atoms with E-state index in [0.29, 0.717) is 21.7 Å². The molecule has 3 amide bonds. The Hall–Kier alpha value is -3.85. The molecule has 1 aliphatic heterocycles. The number of carbonyl (C=O) groups excluding carboxylic acids is 4. The topological polar surface area (TPSA) is 84.0 Å². The molecule has 7 nitrogen and oxygen atoms in total. The number of amides is 3. The Morgan fingerprint density at radius 3 is 2.41 bits per heavy atom. The van der Waals surface area contributed by atoms with Crippen LogP contribution in [0, 0.1) is 5.82 Å². The summed E-state index contributed by atoms with van der Waals surface area (Å²) in [5.74, 6) is -2.30. The second-order valence-electron chi connectivity index (χ2n) is 7.59. The van der Waals surface area contributed by atoms with E-state index in [0.717, 1.165) is 4.90 Å². The summed E-state index contributed by atoms with van der Waals surface area (Å²) in [6.07, 6.45) is -0.184. The summed E-state index contributed by atoms with van der Waals surface area (Å²) in [4.78, 5) is 54.2. The van der Waals surface area contributed by atoms with E-state index in [4.69, 9.17) is 4.74 Å². The van der Waals surface area contributed by atoms with Gasteiger partial charge in [-0.15, -0.1) is 11.3 Å². The van der Waals surface area contributed by atoms with Crippen molar-refractivity contribution >= 4 is 40.7 Å². The third kappa shape index (κ3) is 4.74. The van der Waals surface area contributed by atoms with Gasteiger partial charge >= 0.3 is 5.97 Å². The number of esters is 1. The molecule has 0 radical (unpaired) electrons. The Bertz CT molecular complexity index is 1210. The van der Waals surface area contributed by atoms with E-state index < -0.39 is 29.6 Å². The molecular weight excluding hydrogens is 459 g/mol. The normalized spacial score (nSPS) is 15.5. The van der Waals surface area contributed by atoms with E-state index in [2.05, 4.69) is 0 Å². The first-order valence-corrected chi connectivity index (χ1v) is 11.5. The number of thiophene rings is 1. The van der Waals surface area contributed by atoms with Crippen LogP contribution in [0.25, 0.3) is 0 Å². The van der Waals surface area contributed by atoms with Crippen LogP contribution in [-0.2, 0) is 20.9 Å². The van der Waals surface area contributed by atoms with Gasteiger partial charge in [-0.25, -0.2) is 14.1 Å². The van der Waals surface area contributed by atoms with Crippen molar-refractivity contribution in [2.45, 2.75) is 25.9 Å². The molecule has 0 N–H and O–H groups in total. The fourth-order valence-electron chi connectivity index (χ4n) is 3.74. The average molecular weight is 481 g/mol. The van der Waals surface area contributed by atoms with Crippen molar-refractivity contribution in [3.05, 3.63) is 87.9 Å². The highest BCUT2D eigenvalue weighted by Gasteiger charge is 2.44. The molecular formula is C25H21FN2O5S. The number of hydrogen-bond donors (Lipinski definition) is 0. The Kier molecular flexibility index (Phi) is 6.83. The maximum atomic E-state index is 13.4. The zero-order valence-corrected chi connectivity index (χ0v) is 19.1. The minimum atomic E-state index is -1.02. The first-order chi connectivity index (χ1) is 16.4. The predicted octanol–water partition coefficient (Wildman–Crippen LogP) is 4.04. The second kappa shape index (κ2) is 9.96. The van der Waals surface area contributed by atoms with Gasteiger partial charge in [-0.1, -0.05) is 18.2 Å². The van der Waals surface area contributed by atoms with Crippen molar-refractivity contribution in [3.63, 3.8) is 0 Å². The molecule has 0 spiro atoms. The molecule has 1 unspecified atom stereocenters. The van der Waals surface area contributed by atoms with Gasteiger partial charge in [0, 0.05) is 6.54 Å². The highest BCUT2D eigenvalue weighted by molar-refractivity contribution is 7.12. The third-order valence-electron chi connectivity index (χ3n) is 5.39. The van der Waals surface area contributed by atoms with Crippen LogP contribution in [0.2, 0.25) is 0 Å². The number of hydrogen-bond acceptors (Lipinski definition) is 6. The standard InChI is InChI=1S/C25H21FN2O5S/c1-2-33-25(32)17-7-11-19(12-8-17)28-22(29)14-20(23(28)30)27(24(31)21-4-3-13-34-21)15-16-5-9-18(26)10-6-16/h3-13,20H,2,14-15H2,1H3. The smallest absolute Gasteiger partial charge is 0.338 e. The van der Waals surface area contributed by atoms with E-state index in [-0.39, 0.29) is 25.5 Å². The number of ether oxygens (including phenoxy) is 1. The zero-order chi connectivity index (χ0) is 24.2. The van der Waals surface area contributed by atoms with Gasteiger partial charge in [-0.05, 0) is 60.3 Å². The zero-order valence-electron chi connectivity index (χ0n) is 18.3. The molecule has 174 valence electrons. The minimum absolute atomic E-state index is 0.0380. The fraction of sp³-hybridized carbons (Fsp3) is 0.200. The Morgan fingerprint density at radius 1 is 1.09 bits per heavy atom. The number of halogens is 1. The highest BCUT2D eigenvalue weighted by atomic mass is 32.1. The van der Waals surface area contributed by atoms with E-state index in [1.165, 1.54) is 64.8 Å². The summed E-state index contributed by atoms with van der Waals surface area (Å²) in [5, 5.41) is 1.75. The lowest BCUT2D eigenvalue weighted by atomic mass is 10.1. The van der Waals surface area contributed by atoms with Crippen LogP contribution in [0.15, 0.2) is 66.0 Å². The summed E-state index contributed by atoms with van der Waals surface area (Å²) in [7, 11) is 0. The largest absolute Gasteiger partial charge is 0.462 e. The van der Waals surface area contributed by atoms with Gasteiger partial charge in [0.05, 0.1) is 29.2 Å². The number of benzene rings is 2. The molecule has 9 heteroatoms. The number of anilines is 1. The number of rotatable bonds is 7. The summed E-state index contributed by atoms with van der Waals surface area (Å²) in [6, 6.07) is 14.0.